The molecule has 0 amide bonds. The molecule has 0 radical (unpaired) electrons. The number of piperidine rings is 1. The van der Waals surface area contributed by atoms with E-state index in [1.165, 1.54) is 37.1 Å². The monoisotopic (exact) mass is 260 g/mol. The summed E-state index contributed by atoms with van der Waals surface area (Å²) in [5.74, 6) is 1.77. The van der Waals surface area contributed by atoms with Crippen LogP contribution in [0.25, 0.3) is 0 Å². The smallest absolute Gasteiger partial charge is 0.0236 e. The lowest BCUT2D eigenvalue weighted by Crippen LogP contribution is -2.35. The molecule has 0 aliphatic carbocycles. The van der Waals surface area contributed by atoms with Crippen LogP contribution in [0.4, 0.5) is 0 Å². The minimum Gasteiger partial charge on any atom is -0.330 e. The fourth-order valence-electron chi connectivity index (χ4n) is 3.13. The van der Waals surface area contributed by atoms with E-state index in [2.05, 4.69) is 43.0 Å². The van der Waals surface area contributed by atoms with Gasteiger partial charge in [0.25, 0.3) is 0 Å². The highest BCUT2D eigenvalue weighted by atomic mass is 15.1. The summed E-state index contributed by atoms with van der Waals surface area (Å²) in [5.41, 5.74) is 8.60. The van der Waals surface area contributed by atoms with Gasteiger partial charge in [-0.1, -0.05) is 38.1 Å². The van der Waals surface area contributed by atoms with E-state index >= 15 is 0 Å². The van der Waals surface area contributed by atoms with Crippen molar-refractivity contribution < 1.29 is 0 Å². The minimum atomic E-state index is 0.742. The second-order valence-corrected chi connectivity index (χ2v) is 6.16. The van der Waals surface area contributed by atoms with Crippen LogP contribution in [-0.4, -0.2) is 24.5 Å². The summed E-state index contributed by atoms with van der Waals surface area (Å²) < 4.78 is 0. The molecular weight excluding hydrogens is 232 g/mol. The van der Waals surface area contributed by atoms with Crippen LogP contribution in [0.1, 0.15) is 37.8 Å². The number of rotatable bonds is 5. The van der Waals surface area contributed by atoms with Crippen molar-refractivity contribution in [1.82, 2.24) is 4.90 Å². The predicted molar refractivity (Wildman–Crippen MR) is 82.0 cm³/mol. The number of hydrogen-bond donors (Lipinski definition) is 1. The summed E-state index contributed by atoms with van der Waals surface area (Å²) in [6, 6.07) is 8.76. The van der Waals surface area contributed by atoms with Crippen molar-refractivity contribution in [3.8, 4) is 0 Å². The zero-order valence-electron chi connectivity index (χ0n) is 12.4. The molecule has 106 valence electrons. The molecule has 2 nitrogen and oxygen atoms in total. The SMILES string of the molecule is CC(C)C1CCN(Cc2ccccc2CCN)CC1. The first kappa shape index (κ1) is 14.5. The molecule has 1 heterocycles. The highest BCUT2D eigenvalue weighted by molar-refractivity contribution is 5.27. The van der Waals surface area contributed by atoms with Crippen LogP contribution >= 0.6 is 0 Å². The van der Waals surface area contributed by atoms with Crippen LogP contribution in [0.5, 0.6) is 0 Å². The van der Waals surface area contributed by atoms with Crippen molar-refractivity contribution >= 4 is 0 Å². The molecule has 2 rings (SSSR count). The Morgan fingerprint density at radius 1 is 1.16 bits per heavy atom. The first-order valence-corrected chi connectivity index (χ1v) is 7.70. The molecule has 2 heteroatoms. The Morgan fingerprint density at radius 2 is 1.79 bits per heavy atom. The maximum Gasteiger partial charge on any atom is 0.0236 e. The summed E-state index contributed by atoms with van der Waals surface area (Å²) in [5, 5.41) is 0. The lowest BCUT2D eigenvalue weighted by atomic mass is 9.86. The van der Waals surface area contributed by atoms with Gasteiger partial charge < -0.3 is 5.73 Å². The van der Waals surface area contributed by atoms with Crippen LogP contribution < -0.4 is 5.73 Å². The molecule has 1 aromatic rings. The summed E-state index contributed by atoms with van der Waals surface area (Å²) in [7, 11) is 0. The summed E-state index contributed by atoms with van der Waals surface area (Å²) >= 11 is 0. The average molecular weight is 260 g/mol. The molecule has 0 aromatic heterocycles. The molecule has 0 bridgehead atoms. The van der Waals surface area contributed by atoms with Gasteiger partial charge in [-0.3, -0.25) is 4.90 Å². The van der Waals surface area contributed by atoms with Crippen molar-refractivity contribution in [2.24, 2.45) is 17.6 Å². The van der Waals surface area contributed by atoms with Gasteiger partial charge in [-0.25, -0.2) is 0 Å². The fourth-order valence-corrected chi connectivity index (χ4v) is 3.13. The molecule has 1 aliphatic heterocycles. The molecule has 0 unspecified atom stereocenters. The zero-order valence-corrected chi connectivity index (χ0v) is 12.4. The standard InChI is InChI=1S/C17H28N2/c1-14(2)15-8-11-19(12-9-15)13-17-6-4-3-5-16(17)7-10-18/h3-6,14-15H,7-13,18H2,1-2H3. The average Bonchev–Trinajstić information content (AvgIpc) is 2.42. The van der Waals surface area contributed by atoms with Gasteiger partial charge in [0.15, 0.2) is 0 Å². The molecule has 1 aromatic carbocycles. The van der Waals surface area contributed by atoms with E-state index < -0.39 is 0 Å². The molecule has 0 spiro atoms. The minimum absolute atomic E-state index is 0.742. The third-order valence-corrected chi connectivity index (χ3v) is 4.50. The molecule has 2 N–H and O–H groups in total. The number of likely N-dealkylation sites (tertiary alicyclic amines) is 1. The first-order valence-electron chi connectivity index (χ1n) is 7.70. The highest BCUT2D eigenvalue weighted by Crippen LogP contribution is 2.25. The van der Waals surface area contributed by atoms with Gasteiger partial charge in [0.2, 0.25) is 0 Å². The van der Waals surface area contributed by atoms with E-state index in [4.69, 9.17) is 5.73 Å². The summed E-state index contributed by atoms with van der Waals surface area (Å²) in [6.07, 6.45) is 3.71. The van der Waals surface area contributed by atoms with Crippen LogP contribution in [0, 0.1) is 11.8 Å². The van der Waals surface area contributed by atoms with Crippen molar-refractivity contribution in [2.75, 3.05) is 19.6 Å². The number of nitrogens with two attached hydrogens (primary N) is 1. The lowest BCUT2D eigenvalue weighted by molar-refractivity contribution is 0.151. The first-order chi connectivity index (χ1) is 9.20. The molecule has 1 saturated heterocycles. The third-order valence-electron chi connectivity index (χ3n) is 4.50. The van der Waals surface area contributed by atoms with Crippen LogP contribution in [0.2, 0.25) is 0 Å². The Bertz CT molecular complexity index is 379. The number of hydrogen-bond acceptors (Lipinski definition) is 2. The summed E-state index contributed by atoms with van der Waals surface area (Å²) in [6.45, 7) is 9.06. The molecular formula is C17H28N2. The van der Waals surface area contributed by atoms with E-state index in [0.29, 0.717) is 0 Å². The lowest BCUT2D eigenvalue weighted by Gasteiger charge is -2.34. The predicted octanol–water partition coefficient (Wildman–Crippen LogP) is 3.06. The Labute approximate surface area is 118 Å². The largest absolute Gasteiger partial charge is 0.330 e. The quantitative estimate of drug-likeness (QED) is 0.881. The maximum atomic E-state index is 5.70. The van der Waals surface area contributed by atoms with Gasteiger partial charge in [-0.05, 0) is 61.9 Å². The van der Waals surface area contributed by atoms with Crippen molar-refractivity contribution in [3.63, 3.8) is 0 Å². The van der Waals surface area contributed by atoms with Gasteiger partial charge in [0, 0.05) is 6.54 Å². The second kappa shape index (κ2) is 7.06. The Morgan fingerprint density at radius 3 is 2.37 bits per heavy atom. The van der Waals surface area contributed by atoms with Crippen LogP contribution in [0.15, 0.2) is 24.3 Å². The number of nitrogens with zero attached hydrogens (tertiary/aromatic N) is 1. The Balaban J connectivity index is 1.92. The van der Waals surface area contributed by atoms with Crippen LogP contribution in [0.3, 0.4) is 0 Å². The van der Waals surface area contributed by atoms with Gasteiger partial charge in [-0.15, -0.1) is 0 Å². The van der Waals surface area contributed by atoms with Crippen molar-refractivity contribution in [1.29, 1.82) is 0 Å². The number of benzene rings is 1. The fraction of sp³-hybridized carbons (Fsp3) is 0.647. The molecule has 1 aliphatic rings. The van der Waals surface area contributed by atoms with Crippen LogP contribution in [-0.2, 0) is 13.0 Å². The van der Waals surface area contributed by atoms with Gasteiger partial charge in [-0.2, -0.15) is 0 Å². The molecule has 0 saturated carbocycles. The van der Waals surface area contributed by atoms with E-state index in [1.807, 2.05) is 0 Å². The normalized spacial score (nSPS) is 18.1. The van der Waals surface area contributed by atoms with E-state index in [-0.39, 0.29) is 0 Å². The Hall–Kier alpha value is -0.860. The Kier molecular flexibility index (Phi) is 5.41. The van der Waals surface area contributed by atoms with Gasteiger partial charge >= 0.3 is 0 Å². The van der Waals surface area contributed by atoms with E-state index in [0.717, 1.165) is 31.3 Å². The van der Waals surface area contributed by atoms with Crippen molar-refractivity contribution in [2.45, 2.75) is 39.7 Å². The topological polar surface area (TPSA) is 29.3 Å². The van der Waals surface area contributed by atoms with E-state index in [9.17, 15) is 0 Å². The molecule has 19 heavy (non-hydrogen) atoms. The highest BCUT2D eigenvalue weighted by Gasteiger charge is 2.21. The maximum absolute atomic E-state index is 5.70. The molecule has 1 fully saturated rings. The van der Waals surface area contributed by atoms with E-state index in [1.54, 1.807) is 0 Å². The third kappa shape index (κ3) is 4.05. The second-order valence-electron chi connectivity index (χ2n) is 6.16. The van der Waals surface area contributed by atoms with Crippen molar-refractivity contribution in [3.05, 3.63) is 35.4 Å². The van der Waals surface area contributed by atoms with Gasteiger partial charge in [0.05, 0.1) is 0 Å². The van der Waals surface area contributed by atoms with Gasteiger partial charge in [0.1, 0.15) is 0 Å². The zero-order chi connectivity index (χ0) is 13.7. The summed E-state index contributed by atoms with van der Waals surface area (Å²) in [4.78, 5) is 2.61. The molecule has 0 atom stereocenters.